The number of hydrazine groups is 1. The molecule has 0 aliphatic heterocycles. The van der Waals surface area contributed by atoms with Gasteiger partial charge < -0.3 is 9.47 Å². The van der Waals surface area contributed by atoms with E-state index in [-0.39, 0.29) is 12.1 Å². The molecule has 2 aromatic carbocycles. The third-order valence-electron chi connectivity index (χ3n) is 5.87. The van der Waals surface area contributed by atoms with Gasteiger partial charge in [0, 0.05) is 54.9 Å². The fourth-order valence-corrected chi connectivity index (χ4v) is 4.02. The second kappa shape index (κ2) is 10.4. The number of benzene rings is 1. The summed E-state index contributed by atoms with van der Waals surface area (Å²) in [7, 11) is 1.31. The van der Waals surface area contributed by atoms with E-state index in [1.807, 2.05) is 43.1 Å². The first kappa shape index (κ1) is 24.0. The van der Waals surface area contributed by atoms with Crippen molar-refractivity contribution in [3.05, 3.63) is 87.1 Å². The lowest BCUT2D eigenvalue weighted by Gasteiger charge is -2.39. The standard InChI is InChI=1S/C26H26N4O5/c1-4-29(5-2)30(21-15-23(31)24(21)32)22(26(33)34-3)14-17-6-8-19(9-7-17)35-25-20-11-12-27-16-18(20)10-13-28-25/h6-13,15-16,22H,4-5,14H2,1-3H3. The van der Waals surface area contributed by atoms with Crippen molar-refractivity contribution in [2.75, 3.05) is 25.2 Å². The van der Waals surface area contributed by atoms with Crippen molar-refractivity contribution in [2.24, 2.45) is 0 Å². The Labute approximate surface area is 202 Å². The molecule has 2 aromatic heterocycles. The van der Waals surface area contributed by atoms with Gasteiger partial charge in [-0.25, -0.2) is 14.8 Å². The van der Waals surface area contributed by atoms with Crippen LogP contribution < -0.4 is 20.6 Å². The number of carbonyl (C=O) groups is 1. The van der Waals surface area contributed by atoms with Crippen LogP contribution in [-0.4, -0.2) is 47.2 Å². The van der Waals surface area contributed by atoms with Gasteiger partial charge in [0.1, 0.15) is 17.5 Å². The van der Waals surface area contributed by atoms with Crippen LogP contribution in [0.1, 0.15) is 19.4 Å². The van der Waals surface area contributed by atoms with Gasteiger partial charge >= 0.3 is 5.97 Å². The minimum absolute atomic E-state index is 0.200. The van der Waals surface area contributed by atoms with Gasteiger partial charge in [-0.1, -0.05) is 26.0 Å². The van der Waals surface area contributed by atoms with E-state index in [2.05, 4.69) is 9.97 Å². The van der Waals surface area contributed by atoms with Gasteiger partial charge in [-0.3, -0.25) is 19.6 Å². The lowest BCUT2D eigenvalue weighted by molar-refractivity contribution is -0.143. The van der Waals surface area contributed by atoms with E-state index in [4.69, 9.17) is 9.47 Å². The number of anilines is 1. The Bertz CT molecular complexity index is 1390. The lowest BCUT2D eigenvalue weighted by Crippen LogP contribution is -2.57. The van der Waals surface area contributed by atoms with Crippen LogP contribution in [0.3, 0.4) is 0 Å². The summed E-state index contributed by atoms with van der Waals surface area (Å²) in [6.07, 6.45) is 5.36. The molecule has 9 heteroatoms. The average Bonchev–Trinajstić information content (AvgIpc) is 2.90. The van der Waals surface area contributed by atoms with Gasteiger partial charge in [-0.05, 0) is 29.8 Å². The molecule has 35 heavy (non-hydrogen) atoms. The van der Waals surface area contributed by atoms with Gasteiger partial charge in [-0.15, -0.1) is 0 Å². The summed E-state index contributed by atoms with van der Waals surface area (Å²) in [6, 6.07) is 11.4. The number of fused-ring (bicyclic) bond motifs is 1. The number of pyridine rings is 2. The van der Waals surface area contributed by atoms with Crippen molar-refractivity contribution in [3.63, 3.8) is 0 Å². The quantitative estimate of drug-likeness (QED) is 0.195. The maximum Gasteiger partial charge on any atom is 0.330 e. The Morgan fingerprint density at radius 2 is 1.77 bits per heavy atom. The number of ether oxygens (including phenoxy) is 2. The predicted molar refractivity (Wildman–Crippen MR) is 132 cm³/mol. The van der Waals surface area contributed by atoms with Crippen molar-refractivity contribution in [1.82, 2.24) is 15.0 Å². The molecule has 0 saturated heterocycles. The number of nitrogens with zero attached hydrogens (tertiary/aromatic N) is 4. The van der Waals surface area contributed by atoms with Gasteiger partial charge in [0.05, 0.1) is 7.11 Å². The molecule has 4 rings (SSSR count). The van der Waals surface area contributed by atoms with Crippen LogP contribution in [0.5, 0.6) is 11.6 Å². The zero-order valence-corrected chi connectivity index (χ0v) is 19.8. The number of carbonyl (C=O) groups excluding carboxylic acids is 1. The number of esters is 1. The van der Waals surface area contributed by atoms with Crippen molar-refractivity contribution in [2.45, 2.75) is 26.3 Å². The van der Waals surface area contributed by atoms with Crippen LogP contribution in [-0.2, 0) is 16.0 Å². The maximum absolute atomic E-state index is 12.8. The zero-order chi connectivity index (χ0) is 24.9. The first-order valence-electron chi connectivity index (χ1n) is 11.3. The number of hydrogen-bond acceptors (Lipinski definition) is 9. The summed E-state index contributed by atoms with van der Waals surface area (Å²) < 4.78 is 11.1. The second-order valence-electron chi connectivity index (χ2n) is 7.91. The number of rotatable bonds is 10. The van der Waals surface area contributed by atoms with E-state index >= 15 is 0 Å². The third-order valence-corrected chi connectivity index (χ3v) is 5.87. The molecule has 1 unspecified atom stereocenters. The van der Waals surface area contributed by atoms with Crippen molar-refractivity contribution in [1.29, 1.82) is 0 Å². The van der Waals surface area contributed by atoms with Crippen molar-refractivity contribution >= 4 is 22.4 Å². The smallest absolute Gasteiger partial charge is 0.330 e. The van der Waals surface area contributed by atoms with Crippen molar-refractivity contribution < 1.29 is 14.3 Å². The highest BCUT2D eigenvalue weighted by Gasteiger charge is 2.34. The normalized spacial score (nSPS) is 12.1. The molecule has 180 valence electrons. The largest absolute Gasteiger partial charge is 0.467 e. The molecule has 1 atom stereocenters. The SMILES string of the molecule is CCN(CC)N(c1cc(=O)c1=O)C(Cc1ccc(Oc2nccc3cnccc23)cc1)C(=O)OC. The Hall–Kier alpha value is -4.11. The molecule has 0 bridgehead atoms. The van der Waals surface area contributed by atoms with Crippen LogP contribution in [0.15, 0.2) is 70.6 Å². The van der Waals surface area contributed by atoms with Crippen LogP contribution in [0.25, 0.3) is 10.8 Å². The van der Waals surface area contributed by atoms with Crippen LogP contribution in [0.2, 0.25) is 0 Å². The highest BCUT2D eigenvalue weighted by atomic mass is 16.5. The number of methoxy groups -OCH3 is 1. The van der Waals surface area contributed by atoms with E-state index in [0.29, 0.717) is 24.7 Å². The first-order valence-corrected chi connectivity index (χ1v) is 11.3. The van der Waals surface area contributed by atoms with Crippen molar-refractivity contribution in [3.8, 4) is 11.6 Å². The molecule has 0 N–H and O–H groups in total. The Morgan fingerprint density at radius 3 is 2.40 bits per heavy atom. The fourth-order valence-electron chi connectivity index (χ4n) is 4.02. The van der Waals surface area contributed by atoms with Gasteiger partial charge in [-0.2, -0.15) is 0 Å². The molecule has 2 heterocycles. The van der Waals surface area contributed by atoms with E-state index in [0.717, 1.165) is 16.3 Å². The summed E-state index contributed by atoms with van der Waals surface area (Å²) in [6.45, 7) is 4.92. The van der Waals surface area contributed by atoms with Crippen LogP contribution in [0.4, 0.5) is 5.69 Å². The minimum atomic E-state index is -0.817. The highest BCUT2D eigenvalue weighted by Crippen LogP contribution is 2.28. The second-order valence-corrected chi connectivity index (χ2v) is 7.91. The minimum Gasteiger partial charge on any atom is -0.467 e. The summed E-state index contributed by atoms with van der Waals surface area (Å²) >= 11 is 0. The Balaban J connectivity index is 1.59. The van der Waals surface area contributed by atoms with E-state index < -0.39 is 22.9 Å². The lowest BCUT2D eigenvalue weighted by atomic mass is 10.0. The molecule has 0 fully saturated rings. The summed E-state index contributed by atoms with van der Waals surface area (Å²) in [5.41, 5.74) is -0.142. The topological polar surface area (TPSA) is 102 Å². The molecule has 0 radical (unpaired) electrons. The van der Waals surface area contributed by atoms with E-state index in [1.165, 1.54) is 13.2 Å². The fraction of sp³-hybridized carbons (Fsp3) is 0.269. The highest BCUT2D eigenvalue weighted by molar-refractivity contribution is 5.86. The van der Waals surface area contributed by atoms with Crippen LogP contribution in [0, 0.1) is 0 Å². The van der Waals surface area contributed by atoms with Gasteiger partial charge in [0.2, 0.25) is 16.7 Å². The Morgan fingerprint density at radius 1 is 1.03 bits per heavy atom. The monoisotopic (exact) mass is 474 g/mol. The third kappa shape index (κ3) is 4.90. The Kier molecular flexibility index (Phi) is 7.17. The zero-order valence-electron chi connectivity index (χ0n) is 19.8. The van der Waals surface area contributed by atoms with Gasteiger partial charge in [0.15, 0.2) is 0 Å². The van der Waals surface area contributed by atoms with Crippen LogP contribution >= 0.6 is 0 Å². The molecule has 0 saturated carbocycles. The molecular formula is C26H26N4O5. The molecule has 9 nitrogen and oxygen atoms in total. The molecule has 0 amide bonds. The van der Waals surface area contributed by atoms with E-state index in [9.17, 15) is 14.4 Å². The number of aromatic nitrogens is 2. The van der Waals surface area contributed by atoms with Gasteiger partial charge in [0.25, 0.3) is 0 Å². The molecule has 0 spiro atoms. The maximum atomic E-state index is 12.8. The van der Waals surface area contributed by atoms with E-state index in [1.54, 1.807) is 35.7 Å². The summed E-state index contributed by atoms with van der Waals surface area (Å²) in [4.78, 5) is 45.1. The first-order chi connectivity index (χ1) is 17.0. The molecule has 0 aliphatic carbocycles. The summed E-state index contributed by atoms with van der Waals surface area (Å²) in [5, 5.41) is 5.20. The molecule has 4 aromatic rings. The number of hydrogen-bond donors (Lipinski definition) is 0. The average molecular weight is 475 g/mol. The summed E-state index contributed by atoms with van der Waals surface area (Å²) in [5.74, 6) is 0.556. The molecular weight excluding hydrogens is 448 g/mol. The predicted octanol–water partition coefficient (Wildman–Crippen LogP) is 2.87. The molecule has 0 aliphatic rings.